The highest BCUT2D eigenvalue weighted by Gasteiger charge is 2.40. The zero-order valence-corrected chi connectivity index (χ0v) is 18.0. The lowest BCUT2D eigenvalue weighted by atomic mass is 9.91. The smallest absolute Gasteiger partial charge is 0.407 e. The maximum atomic E-state index is 14.2. The number of alkyl carbamates (subject to hydrolysis) is 1. The Bertz CT molecular complexity index is 1040. The molecule has 2 saturated carbocycles. The Morgan fingerprint density at radius 3 is 2.71 bits per heavy atom. The van der Waals surface area contributed by atoms with E-state index in [1.54, 1.807) is 6.21 Å². The number of aliphatic imine (C=N–C) groups is 2. The average molecular weight is 452 g/mol. The molecule has 4 N–H and O–H groups in total. The third kappa shape index (κ3) is 5.40. The van der Waals surface area contributed by atoms with Gasteiger partial charge in [0.15, 0.2) is 0 Å². The van der Waals surface area contributed by atoms with E-state index in [9.17, 15) is 17.6 Å². The lowest BCUT2D eigenvalue weighted by Gasteiger charge is -2.22. The van der Waals surface area contributed by atoms with Gasteiger partial charge in [-0.3, -0.25) is 4.99 Å². The highest BCUT2D eigenvalue weighted by atomic mass is 32.2. The van der Waals surface area contributed by atoms with Gasteiger partial charge in [-0.2, -0.15) is 0 Å². The van der Waals surface area contributed by atoms with Crippen LogP contribution in [0.1, 0.15) is 39.0 Å². The van der Waals surface area contributed by atoms with Gasteiger partial charge in [-0.05, 0) is 63.1 Å². The zero-order valence-electron chi connectivity index (χ0n) is 17.2. The molecule has 1 amide bonds. The number of guanidine groups is 1. The minimum atomic E-state index is -3.97. The first kappa shape index (κ1) is 21.7. The predicted molar refractivity (Wildman–Crippen MR) is 114 cm³/mol. The van der Waals surface area contributed by atoms with Crippen molar-refractivity contribution in [2.45, 2.75) is 55.6 Å². The molecule has 168 valence electrons. The number of sulfonamides is 1. The van der Waals surface area contributed by atoms with Crippen molar-refractivity contribution in [3.8, 4) is 0 Å². The fourth-order valence-corrected chi connectivity index (χ4v) is 4.42. The van der Waals surface area contributed by atoms with Crippen molar-refractivity contribution in [3.63, 3.8) is 0 Å². The van der Waals surface area contributed by atoms with Crippen LogP contribution in [0, 0.1) is 17.7 Å². The third-order valence-corrected chi connectivity index (χ3v) is 6.97. The zero-order chi connectivity index (χ0) is 22.2. The number of primary sulfonamides is 1. The van der Waals surface area contributed by atoms with Crippen LogP contribution in [-0.4, -0.2) is 44.9 Å². The molecule has 0 bridgehead atoms. The van der Waals surface area contributed by atoms with Crippen molar-refractivity contribution in [2.75, 3.05) is 11.9 Å². The average Bonchev–Trinajstić information content (AvgIpc) is 3.23. The van der Waals surface area contributed by atoms with Crippen molar-refractivity contribution in [3.05, 3.63) is 24.0 Å². The number of nitrogens with one attached hydrogen (secondary N) is 2. The maximum Gasteiger partial charge on any atom is 0.407 e. The number of amides is 1. The molecule has 11 heteroatoms. The first-order valence-corrected chi connectivity index (χ1v) is 11.8. The highest BCUT2D eigenvalue weighted by molar-refractivity contribution is 7.89. The van der Waals surface area contributed by atoms with Gasteiger partial charge in [-0.1, -0.05) is 0 Å². The van der Waals surface area contributed by atoms with Crippen molar-refractivity contribution < 1.29 is 22.3 Å². The maximum absolute atomic E-state index is 14.2. The first-order chi connectivity index (χ1) is 14.6. The molecule has 1 aromatic carbocycles. The monoisotopic (exact) mass is 451 g/mol. The normalized spacial score (nSPS) is 26.8. The molecule has 2 fully saturated rings. The van der Waals surface area contributed by atoms with Gasteiger partial charge in [-0.25, -0.2) is 27.7 Å². The molecule has 0 spiro atoms. The van der Waals surface area contributed by atoms with Gasteiger partial charge in [0, 0.05) is 17.7 Å². The number of hydrogen-bond acceptors (Lipinski definition) is 7. The van der Waals surface area contributed by atoms with Crippen LogP contribution < -0.4 is 15.8 Å². The number of benzene rings is 1. The fraction of sp³-hybridized carbons (Fsp3) is 0.550. The van der Waals surface area contributed by atoms with Crippen LogP contribution >= 0.6 is 0 Å². The Labute approximate surface area is 180 Å². The summed E-state index contributed by atoms with van der Waals surface area (Å²) in [5.74, 6) is -0.0751. The first-order valence-electron chi connectivity index (χ1n) is 10.3. The molecule has 1 aromatic rings. The van der Waals surface area contributed by atoms with Crippen LogP contribution in [0.25, 0.3) is 0 Å². The van der Waals surface area contributed by atoms with E-state index in [1.807, 2.05) is 6.92 Å². The van der Waals surface area contributed by atoms with Gasteiger partial charge in [0.25, 0.3) is 0 Å². The van der Waals surface area contributed by atoms with Crippen molar-refractivity contribution in [1.82, 2.24) is 5.32 Å². The standard InChI is InChI=1S/C20H26FN5O4S/c1-20(6-7-20)26-19(27)30-14-3-2-12(8-14)13-10-23-18(24-11-13)25-17-5-4-15(9-16(17)21)31(22,28)29/h4-5,9-10,12-14H,2-3,6-8,11H2,1H3,(H,24,25)(H,26,27)(H2,22,28,29)/t12-,13?,14+/m0/s1. The summed E-state index contributed by atoms with van der Waals surface area (Å²) in [6.45, 7) is 2.50. The number of rotatable bonds is 5. The molecule has 0 saturated heterocycles. The van der Waals surface area contributed by atoms with Crippen LogP contribution in [-0.2, 0) is 14.8 Å². The summed E-state index contributed by atoms with van der Waals surface area (Å²) in [5.41, 5.74) is -0.0341. The van der Waals surface area contributed by atoms with E-state index >= 15 is 0 Å². The fourth-order valence-electron chi connectivity index (χ4n) is 3.89. The van der Waals surface area contributed by atoms with Gasteiger partial charge in [0.2, 0.25) is 16.0 Å². The Morgan fingerprint density at radius 1 is 1.32 bits per heavy atom. The van der Waals surface area contributed by atoms with Gasteiger partial charge in [0.1, 0.15) is 11.9 Å². The van der Waals surface area contributed by atoms with Crippen LogP contribution in [0.5, 0.6) is 0 Å². The quantitative estimate of drug-likeness (QED) is 0.632. The largest absolute Gasteiger partial charge is 0.446 e. The summed E-state index contributed by atoms with van der Waals surface area (Å²) in [6.07, 6.45) is 5.83. The third-order valence-electron chi connectivity index (χ3n) is 6.06. The van der Waals surface area contributed by atoms with E-state index in [0.29, 0.717) is 12.5 Å². The lowest BCUT2D eigenvalue weighted by molar-refractivity contribution is 0.0945. The number of nitrogens with two attached hydrogens (primary N) is 1. The Morgan fingerprint density at radius 2 is 2.10 bits per heavy atom. The molecule has 3 aliphatic rings. The summed E-state index contributed by atoms with van der Waals surface area (Å²) in [6, 6.07) is 3.35. The number of ether oxygens (including phenoxy) is 1. The van der Waals surface area contributed by atoms with Crippen LogP contribution in [0.3, 0.4) is 0 Å². The molecule has 2 aliphatic carbocycles. The summed E-state index contributed by atoms with van der Waals surface area (Å²) < 4.78 is 42.3. The number of anilines is 1. The molecular formula is C20H26FN5O4S. The molecular weight excluding hydrogens is 425 g/mol. The van der Waals surface area contributed by atoms with Gasteiger partial charge < -0.3 is 15.4 Å². The predicted octanol–water partition coefficient (Wildman–Crippen LogP) is 2.39. The molecule has 1 aliphatic heterocycles. The van der Waals surface area contributed by atoms with Crippen molar-refractivity contribution in [2.24, 2.45) is 27.0 Å². The number of nitrogens with zero attached hydrogens (tertiary/aromatic N) is 2. The van der Waals surface area contributed by atoms with Gasteiger partial charge >= 0.3 is 6.09 Å². The molecule has 31 heavy (non-hydrogen) atoms. The van der Waals surface area contributed by atoms with E-state index in [-0.39, 0.29) is 40.2 Å². The minimum Gasteiger partial charge on any atom is -0.446 e. The van der Waals surface area contributed by atoms with Crippen LogP contribution in [0.15, 0.2) is 33.1 Å². The highest BCUT2D eigenvalue weighted by Crippen LogP contribution is 2.36. The molecule has 3 atom stereocenters. The summed E-state index contributed by atoms with van der Waals surface area (Å²) >= 11 is 0. The van der Waals surface area contributed by atoms with E-state index in [4.69, 9.17) is 9.88 Å². The molecule has 1 unspecified atom stereocenters. The molecule has 4 rings (SSSR count). The van der Waals surface area contributed by atoms with Crippen molar-refractivity contribution in [1.29, 1.82) is 0 Å². The van der Waals surface area contributed by atoms with Crippen molar-refractivity contribution >= 4 is 34.0 Å². The second-order valence-corrected chi connectivity index (χ2v) is 10.3. The summed E-state index contributed by atoms with van der Waals surface area (Å²) in [7, 11) is -3.97. The minimum absolute atomic E-state index is 0.0615. The molecule has 9 nitrogen and oxygen atoms in total. The summed E-state index contributed by atoms with van der Waals surface area (Å²) in [5, 5.41) is 10.7. The second kappa shape index (κ2) is 8.19. The van der Waals surface area contributed by atoms with Gasteiger partial charge in [0.05, 0.1) is 17.1 Å². The van der Waals surface area contributed by atoms with E-state index in [0.717, 1.165) is 38.2 Å². The second-order valence-electron chi connectivity index (χ2n) is 8.70. The Kier molecular flexibility index (Phi) is 5.73. The Balaban J connectivity index is 1.28. The van der Waals surface area contributed by atoms with E-state index in [1.165, 1.54) is 12.1 Å². The molecule has 0 aromatic heterocycles. The topological polar surface area (TPSA) is 135 Å². The number of carbonyl (C=O) groups excluding carboxylic acids is 1. The summed E-state index contributed by atoms with van der Waals surface area (Å²) in [4.78, 5) is 20.4. The number of carbonyl (C=O) groups is 1. The molecule has 1 heterocycles. The Hall–Kier alpha value is -2.53. The van der Waals surface area contributed by atoms with E-state index < -0.39 is 15.8 Å². The lowest BCUT2D eigenvalue weighted by Crippen LogP contribution is -2.36. The SMILES string of the molecule is CC1(NC(=O)O[C@@H]2CC[C@H](C3C=NC(Nc4ccc(S(N)(=O)=O)cc4F)=NC3)C2)CC1. The number of hydrogen-bond donors (Lipinski definition) is 3. The van der Waals surface area contributed by atoms with Crippen LogP contribution in [0.2, 0.25) is 0 Å². The van der Waals surface area contributed by atoms with E-state index in [2.05, 4.69) is 20.6 Å². The van der Waals surface area contributed by atoms with Gasteiger partial charge in [-0.15, -0.1) is 0 Å². The number of halogens is 1. The molecule has 0 radical (unpaired) electrons. The van der Waals surface area contributed by atoms with Crippen LogP contribution in [0.4, 0.5) is 14.9 Å².